The third-order valence-corrected chi connectivity index (χ3v) is 7.36. The zero-order valence-electron chi connectivity index (χ0n) is 19.0. The van der Waals surface area contributed by atoms with Gasteiger partial charge in [-0.05, 0) is 55.7 Å². The first-order valence-corrected chi connectivity index (χ1v) is 11.8. The van der Waals surface area contributed by atoms with E-state index in [9.17, 15) is 14.4 Å². The molecular formula is C25H24N4O4S. The highest BCUT2D eigenvalue weighted by molar-refractivity contribution is 7.13. The topological polar surface area (TPSA) is 101 Å². The number of thiazole rings is 1. The van der Waals surface area contributed by atoms with Gasteiger partial charge in [0.15, 0.2) is 0 Å². The molecule has 1 aromatic heterocycles. The molecular weight excluding hydrogens is 452 g/mol. The number of nitrogens with one attached hydrogen (secondary N) is 2. The molecule has 2 N–H and O–H groups in total. The fourth-order valence-electron chi connectivity index (χ4n) is 4.63. The Kier molecular flexibility index (Phi) is 5.57. The lowest BCUT2D eigenvalue weighted by atomic mass is 10.0. The molecule has 34 heavy (non-hydrogen) atoms. The molecule has 174 valence electrons. The quantitative estimate of drug-likeness (QED) is 0.601. The van der Waals surface area contributed by atoms with Crippen LogP contribution in [0.2, 0.25) is 0 Å². The Morgan fingerprint density at radius 3 is 2.56 bits per heavy atom. The maximum Gasteiger partial charge on any atom is 0.263 e. The molecule has 3 amide bonds. The highest BCUT2D eigenvalue weighted by atomic mass is 32.1. The number of nitrogens with zero attached hydrogens (tertiary/aromatic N) is 2. The Hall–Kier alpha value is -3.72. The van der Waals surface area contributed by atoms with Crippen molar-refractivity contribution in [1.82, 2.24) is 15.2 Å². The van der Waals surface area contributed by atoms with E-state index in [4.69, 9.17) is 4.74 Å². The summed E-state index contributed by atoms with van der Waals surface area (Å²) in [5, 5.41) is 6.67. The Labute approximate surface area is 201 Å². The summed E-state index contributed by atoms with van der Waals surface area (Å²) < 4.78 is 5.22. The monoisotopic (exact) mass is 476 g/mol. The lowest BCUT2D eigenvalue weighted by Gasteiger charge is -2.24. The maximum atomic E-state index is 13.5. The number of rotatable bonds is 4. The Balaban J connectivity index is 1.41. The number of methoxy groups -OCH3 is 1. The van der Waals surface area contributed by atoms with Crippen LogP contribution in [-0.2, 0) is 4.79 Å². The highest BCUT2D eigenvalue weighted by Crippen LogP contribution is 2.33. The third kappa shape index (κ3) is 3.81. The van der Waals surface area contributed by atoms with Gasteiger partial charge >= 0.3 is 0 Å². The fourth-order valence-corrected chi connectivity index (χ4v) is 5.45. The Bertz CT molecular complexity index is 1300. The molecule has 2 aromatic carbocycles. The number of ether oxygens (including phenoxy) is 1. The molecule has 9 heteroatoms. The standard InChI is InChI=1S/C25H24N4O4S/c1-13-22(34-14(2)26-13)24(31)28-20-10-11-29-21(20)23(30)27-19-9-6-16(12-18(19)25(29)32)15-4-7-17(33-3)8-5-15/h4-9,12,20-21H,10-11H2,1-3H3,(H,27,30)(H,28,31). The molecule has 0 saturated carbocycles. The minimum atomic E-state index is -0.775. The number of aryl methyl sites for hydroxylation is 2. The number of carbonyl (C=O) groups excluding carboxylic acids is 3. The predicted octanol–water partition coefficient (Wildman–Crippen LogP) is 3.40. The molecule has 2 aliphatic heterocycles. The number of amides is 3. The summed E-state index contributed by atoms with van der Waals surface area (Å²) in [6.45, 7) is 4.02. The number of benzene rings is 2. The fraction of sp³-hybridized carbons (Fsp3) is 0.280. The van der Waals surface area contributed by atoms with Gasteiger partial charge in [-0.15, -0.1) is 11.3 Å². The Morgan fingerprint density at radius 1 is 1.15 bits per heavy atom. The van der Waals surface area contributed by atoms with Crippen molar-refractivity contribution in [1.29, 1.82) is 0 Å². The van der Waals surface area contributed by atoms with E-state index >= 15 is 0 Å². The molecule has 1 fully saturated rings. The van der Waals surface area contributed by atoms with Crippen LogP contribution in [0.5, 0.6) is 5.75 Å². The van der Waals surface area contributed by atoms with E-state index in [0.29, 0.717) is 34.8 Å². The second kappa shape index (κ2) is 8.57. The molecule has 0 radical (unpaired) electrons. The van der Waals surface area contributed by atoms with E-state index in [-0.39, 0.29) is 17.7 Å². The van der Waals surface area contributed by atoms with Gasteiger partial charge in [0.05, 0.1) is 35.1 Å². The van der Waals surface area contributed by atoms with E-state index in [1.54, 1.807) is 31.1 Å². The average molecular weight is 477 g/mol. The normalized spacial score (nSPS) is 19.2. The van der Waals surface area contributed by atoms with E-state index in [1.165, 1.54) is 11.3 Å². The number of anilines is 1. The highest BCUT2D eigenvalue weighted by Gasteiger charge is 2.45. The van der Waals surface area contributed by atoms with Gasteiger partial charge in [-0.3, -0.25) is 14.4 Å². The van der Waals surface area contributed by atoms with Crippen molar-refractivity contribution >= 4 is 34.7 Å². The van der Waals surface area contributed by atoms with Crippen molar-refractivity contribution in [2.24, 2.45) is 0 Å². The summed E-state index contributed by atoms with van der Waals surface area (Å²) in [6, 6.07) is 11.7. The number of aromatic nitrogens is 1. The van der Waals surface area contributed by atoms with E-state index in [1.807, 2.05) is 37.3 Å². The van der Waals surface area contributed by atoms with Crippen molar-refractivity contribution in [2.75, 3.05) is 19.0 Å². The zero-order valence-corrected chi connectivity index (χ0v) is 19.9. The van der Waals surface area contributed by atoms with E-state index in [2.05, 4.69) is 15.6 Å². The molecule has 0 bridgehead atoms. The summed E-state index contributed by atoms with van der Waals surface area (Å²) in [4.78, 5) is 45.9. The third-order valence-electron chi connectivity index (χ3n) is 6.28. The van der Waals surface area contributed by atoms with Crippen molar-refractivity contribution < 1.29 is 19.1 Å². The van der Waals surface area contributed by atoms with Gasteiger partial charge < -0.3 is 20.3 Å². The van der Waals surface area contributed by atoms with Crippen molar-refractivity contribution in [3.63, 3.8) is 0 Å². The molecule has 2 unspecified atom stereocenters. The maximum absolute atomic E-state index is 13.5. The minimum absolute atomic E-state index is 0.227. The van der Waals surface area contributed by atoms with Crippen molar-refractivity contribution in [3.05, 3.63) is 63.6 Å². The average Bonchev–Trinajstić information content (AvgIpc) is 3.38. The number of carbonyl (C=O) groups is 3. The van der Waals surface area contributed by atoms with Gasteiger partial charge in [-0.2, -0.15) is 0 Å². The smallest absolute Gasteiger partial charge is 0.263 e. The molecule has 5 rings (SSSR count). The van der Waals surface area contributed by atoms with Crippen molar-refractivity contribution in [3.8, 4) is 16.9 Å². The molecule has 1 saturated heterocycles. The van der Waals surface area contributed by atoms with Crippen LogP contribution < -0.4 is 15.4 Å². The van der Waals surface area contributed by atoms with E-state index < -0.39 is 12.1 Å². The summed E-state index contributed by atoms with van der Waals surface area (Å²) in [5.41, 5.74) is 3.37. The van der Waals surface area contributed by atoms with Gasteiger partial charge in [-0.1, -0.05) is 18.2 Å². The van der Waals surface area contributed by atoms with Crippen molar-refractivity contribution in [2.45, 2.75) is 32.4 Å². The van der Waals surface area contributed by atoms with Crippen LogP contribution in [0.15, 0.2) is 42.5 Å². The Morgan fingerprint density at radius 2 is 1.88 bits per heavy atom. The summed E-state index contributed by atoms with van der Waals surface area (Å²) >= 11 is 1.32. The minimum Gasteiger partial charge on any atom is -0.497 e. The molecule has 0 aliphatic carbocycles. The van der Waals surface area contributed by atoms with Crippen LogP contribution in [-0.4, -0.2) is 53.3 Å². The number of hydrogen-bond acceptors (Lipinski definition) is 6. The first kappa shape index (κ1) is 22.1. The summed E-state index contributed by atoms with van der Waals surface area (Å²) in [7, 11) is 1.61. The molecule has 3 aromatic rings. The lowest BCUT2D eigenvalue weighted by Crippen LogP contribution is -2.51. The van der Waals surface area contributed by atoms with Gasteiger partial charge in [0.2, 0.25) is 5.91 Å². The first-order chi connectivity index (χ1) is 16.4. The van der Waals surface area contributed by atoms with Crippen LogP contribution in [0.25, 0.3) is 11.1 Å². The van der Waals surface area contributed by atoms with Crippen LogP contribution in [0.4, 0.5) is 5.69 Å². The largest absolute Gasteiger partial charge is 0.497 e. The molecule has 2 aliphatic rings. The molecule has 8 nitrogen and oxygen atoms in total. The van der Waals surface area contributed by atoms with Crippen LogP contribution in [0, 0.1) is 13.8 Å². The van der Waals surface area contributed by atoms with Crippen LogP contribution in [0.3, 0.4) is 0 Å². The molecule has 3 heterocycles. The SMILES string of the molecule is COc1ccc(-c2ccc3c(c2)C(=O)N2CCC(NC(=O)c4sc(C)nc4C)C2C(=O)N3)cc1. The molecule has 2 atom stereocenters. The van der Waals surface area contributed by atoms with Gasteiger partial charge in [0.25, 0.3) is 11.8 Å². The number of fused-ring (bicyclic) bond motifs is 2. The molecule has 0 spiro atoms. The second-order valence-corrected chi connectivity index (χ2v) is 9.64. The van der Waals surface area contributed by atoms with E-state index in [0.717, 1.165) is 21.9 Å². The first-order valence-electron chi connectivity index (χ1n) is 11.0. The summed E-state index contributed by atoms with van der Waals surface area (Å²) in [5.74, 6) is -0.0446. The van der Waals surface area contributed by atoms with Crippen LogP contribution in [0.1, 0.15) is 37.2 Å². The number of hydrogen-bond donors (Lipinski definition) is 2. The van der Waals surface area contributed by atoms with Crippen LogP contribution >= 0.6 is 11.3 Å². The van der Waals surface area contributed by atoms with Gasteiger partial charge in [-0.25, -0.2) is 4.98 Å². The van der Waals surface area contributed by atoms with Gasteiger partial charge in [0, 0.05) is 6.54 Å². The second-order valence-electron chi connectivity index (χ2n) is 8.44. The van der Waals surface area contributed by atoms with Gasteiger partial charge in [0.1, 0.15) is 16.7 Å². The lowest BCUT2D eigenvalue weighted by molar-refractivity contribution is -0.120. The predicted molar refractivity (Wildman–Crippen MR) is 129 cm³/mol. The summed E-state index contributed by atoms with van der Waals surface area (Å²) in [6.07, 6.45) is 0.500. The zero-order chi connectivity index (χ0) is 24.0.